The van der Waals surface area contributed by atoms with E-state index in [2.05, 4.69) is 20.4 Å². The third kappa shape index (κ3) is 3.19. The van der Waals surface area contributed by atoms with Crippen molar-refractivity contribution >= 4 is 28.9 Å². The predicted molar refractivity (Wildman–Crippen MR) is 117 cm³/mol. The maximum absolute atomic E-state index is 9.46. The number of hydrogen-bond donors (Lipinski definition) is 2. The van der Waals surface area contributed by atoms with Crippen molar-refractivity contribution in [2.24, 2.45) is 0 Å². The van der Waals surface area contributed by atoms with Crippen LogP contribution in [0.1, 0.15) is 29.8 Å². The van der Waals surface area contributed by atoms with Crippen LogP contribution in [0.25, 0.3) is 16.9 Å². The van der Waals surface area contributed by atoms with Gasteiger partial charge >= 0.3 is 0 Å². The molecule has 1 atom stereocenters. The second-order valence-corrected chi connectivity index (χ2v) is 7.62. The fourth-order valence-electron chi connectivity index (χ4n) is 3.56. The molecule has 0 radical (unpaired) electrons. The molecule has 5 rings (SSSR count). The molecule has 3 aromatic heterocycles. The molecule has 4 aromatic rings. The van der Waals surface area contributed by atoms with Crippen LogP contribution in [0, 0.1) is 18.3 Å². The van der Waals surface area contributed by atoms with Crippen LogP contribution < -0.4 is 20.5 Å². The summed E-state index contributed by atoms with van der Waals surface area (Å²) >= 11 is 6.44. The molecule has 0 amide bonds. The number of aromatic nitrogens is 5. The third-order valence-corrected chi connectivity index (χ3v) is 5.64. The van der Waals surface area contributed by atoms with E-state index in [0.29, 0.717) is 39.4 Å². The molecule has 0 saturated heterocycles. The van der Waals surface area contributed by atoms with Crippen molar-refractivity contribution in [1.29, 1.82) is 5.26 Å². The van der Waals surface area contributed by atoms with E-state index >= 15 is 0 Å². The SMILES string of the molecule is Cc1nn2cc([C@H](C)Nc3ncnc(N)c3C#N)c(-c3ccc4c(c3)OCO4)nc2c1Cl. The lowest BCUT2D eigenvalue weighted by atomic mass is 10.0. The average Bonchev–Trinajstić information content (AvgIpc) is 3.36. The molecule has 1 aliphatic rings. The summed E-state index contributed by atoms with van der Waals surface area (Å²) in [6.45, 7) is 3.92. The topological polar surface area (TPSA) is 136 Å². The second kappa shape index (κ2) is 7.55. The van der Waals surface area contributed by atoms with Gasteiger partial charge in [-0.3, -0.25) is 0 Å². The summed E-state index contributed by atoms with van der Waals surface area (Å²) in [5, 5.41) is 17.6. The van der Waals surface area contributed by atoms with Gasteiger partial charge in [0.1, 0.15) is 34.6 Å². The molecule has 11 heteroatoms. The van der Waals surface area contributed by atoms with Crippen molar-refractivity contribution < 1.29 is 9.47 Å². The summed E-state index contributed by atoms with van der Waals surface area (Å²) in [5.74, 6) is 1.76. The number of halogens is 1. The van der Waals surface area contributed by atoms with Gasteiger partial charge in [-0.1, -0.05) is 11.6 Å². The first-order valence-electron chi connectivity index (χ1n) is 9.68. The van der Waals surface area contributed by atoms with Gasteiger partial charge in [0.2, 0.25) is 6.79 Å². The Hall–Kier alpha value is -4.10. The van der Waals surface area contributed by atoms with Crippen molar-refractivity contribution in [2.45, 2.75) is 19.9 Å². The van der Waals surface area contributed by atoms with E-state index in [1.54, 1.807) is 4.52 Å². The minimum Gasteiger partial charge on any atom is -0.454 e. The maximum atomic E-state index is 9.46. The van der Waals surface area contributed by atoms with Crippen LogP contribution in [0.5, 0.6) is 11.5 Å². The first kappa shape index (κ1) is 19.8. The quantitative estimate of drug-likeness (QED) is 0.480. The van der Waals surface area contributed by atoms with Gasteiger partial charge in [-0.15, -0.1) is 0 Å². The highest BCUT2D eigenvalue weighted by molar-refractivity contribution is 6.34. The van der Waals surface area contributed by atoms with Gasteiger partial charge in [0, 0.05) is 17.3 Å². The van der Waals surface area contributed by atoms with Gasteiger partial charge in [-0.05, 0) is 32.0 Å². The molecule has 32 heavy (non-hydrogen) atoms. The molecule has 0 spiro atoms. The van der Waals surface area contributed by atoms with Gasteiger partial charge in [-0.25, -0.2) is 19.5 Å². The van der Waals surface area contributed by atoms with Gasteiger partial charge in [0.05, 0.1) is 17.4 Å². The number of benzene rings is 1. The maximum Gasteiger partial charge on any atom is 0.231 e. The van der Waals surface area contributed by atoms with Gasteiger partial charge < -0.3 is 20.5 Å². The van der Waals surface area contributed by atoms with Gasteiger partial charge in [0.25, 0.3) is 0 Å². The van der Waals surface area contributed by atoms with Crippen molar-refractivity contribution in [2.75, 3.05) is 17.8 Å². The molecule has 0 fully saturated rings. The number of nitrogen functional groups attached to an aromatic ring is 1. The summed E-state index contributed by atoms with van der Waals surface area (Å²) in [6, 6.07) is 7.34. The van der Waals surface area contributed by atoms with E-state index in [1.165, 1.54) is 6.33 Å². The van der Waals surface area contributed by atoms with Crippen LogP contribution >= 0.6 is 11.6 Å². The Morgan fingerprint density at radius 2 is 2.09 bits per heavy atom. The molecular weight excluding hydrogens is 432 g/mol. The van der Waals surface area contributed by atoms with Crippen LogP contribution in [0.4, 0.5) is 11.6 Å². The molecule has 1 aliphatic heterocycles. The lowest BCUT2D eigenvalue weighted by molar-refractivity contribution is 0.174. The lowest BCUT2D eigenvalue weighted by Crippen LogP contribution is -2.14. The number of nitriles is 1. The third-order valence-electron chi connectivity index (χ3n) is 5.20. The summed E-state index contributed by atoms with van der Waals surface area (Å²) in [5.41, 5.74) is 9.52. The number of anilines is 2. The Balaban J connectivity index is 1.65. The van der Waals surface area contributed by atoms with Gasteiger partial charge in [0.15, 0.2) is 17.1 Å². The lowest BCUT2D eigenvalue weighted by Gasteiger charge is -2.19. The largest absolute Gasteiger partial charge is 0.454 e. The highest BCUT2D eigenvalue weighted by atomic mass is 35.5. The normalized spacial score (nSPS) is 13.2. The van der Waals surface area contributed by atoms with Crippen molar-refractivity contribution in [3.63, 3.8) is 0 Å². The van der Waals surface area contributed by atoms with E-state index in [4.69, 9.17) is 31.8 Å². The van der Waals surface area contributed by atoms with Crippen molar-refractivity contribution in [1.82, 2.24) is 24.6 Å². The average molecular weight is 449 g/mol. The summed E-state index contributed by atoms with van der Waals surface area (Å²) in [7, 11) is 0. The number of fused-ring (bicyclic) bond motifs is 2. The Kier molecular flexibility index (Phi) is 4.68. The highest BCUT2D eigenvalue weighted by Gasteiger charge is 2.22. The standard InChI is InChI=1S/C21H17ClN8O2/c1-10(27-20-13(6-23)19(24)25-8-26-20)14-7-30-21(17(22)11(2)29-30)28-18(14)12-3-4-15-16(5-12)32-9-31-15/h3-5,7-8,10H,9H2,1-2H3,(H3,24,25,26,27)/t10-/m0/s1. The summed E-state index contributed by atoms with van der Waals surface area (Å²) < 4.78 is 12.6. The number of aryl methyl sites for hydroxylation is 1. The number of nitrogens with zero attached hydrogens (tertiary/aromatic N) is 6. The predicted octanol–water partition coefficient (Wildman–Crippen LogP) is 3.50. The Bertz CT molecular complexity index is 1410. The molecular formula is C21H17ClN8O2. The fourth-order valence-corrected chi connectivity index (χ4v) is 3.73. The molecule has 0 bridgehead atoms. The Labute approximate surface area is 187 Å². The van der Waals surface area contributed by atoms with E-state index in [9.17, 15) is 5.26 Å². The highest BCUT2D eigenvalue weighted by Crippen LogP contribution is 2.38. The minimum absolute atomic E-state index is 0.108. The van der Waals surface area contributed by atoms with Crippen LogP contribution in [0.3, 0.4) is 0 Å². The zero-order valence-electron chi connectivity index (χ0n) is 17.1. The molecule has 4 heterocycles. The minimum atomic E-state index is -0.322. The zero-order valence-corrected chi connectivity index (χ0v) is 17.9. The van der Waals surface area contributed by atoms with E-state index < -0.39 is 0 Å². The summed E-state index contributed by atoms with van der Waals surface area (Å²) in [4.78, 5) is 12.9. The van der Waals surface area contributed by atoms with E-state index in [-0.39, 0.29) is 24.2 Å². The number of ether oxygens (including phenoxy) is 2. The van der Waals surface area contributed by atoms with Crippen LogP contribution in [0.15, 0.2) is 30.7 Å². The molecule has 0 saturated carbocycles. The number of nitrogens with one attached hydrogen (secondary N) is 1. The van der Waals surface area contributed by atoms with Crippen LogP contribution in [-0.2, 0) is 0 Å². The molecule has 3 N–H and O–H groups in total. The first-order chi connectivity index (χ1) is 15.5. The second-order valence-electron chi connectivity index (χ2n) is 7.24. The zero-order chi connectivity index (χ0) is 22.4. The monoisotopic (exact) mass is 448 g/mol. The smallest absolute Gasteiger partial charge is 0.231 e. The van der Waals surface area contributed by atoms with Crippen molar-refractivity contribution in [3.8, 4) is 28.8 Å². The Morgan fingerprint density at radius 1 is 1.28 bits per heavy atom. The number of nitrogens with two attached hydrogens (primary N) is 1. The van der Waals surface area contributed by atoms with Crippen LogP contribution in [-0.4, -0.2) is 31.4 Å². The number of hydrogen-bond acceptors (Lipinski definition) is 9. The Morgan fingerprint density at radius 3 is 2.91 bits per heavy atom. The first-order valence-corrected chi connectivity index (χ1v) is 10.1. The van der Waals surface area contributed by atoms with E-state index in [0.717, 1.165) is 11.1 Å². The van der Waals surface area contributed by atoms with Gasteiger partial charge in [-0.2, -0.15) is 10.4 Å². The summed E-state index contributed by atoms with van der Waals surface area (Å²) in [6.07, 6.45) is 3.16. The fraction of sp³-hybridized carbons (Fsp3) is 0.190. The molecule has 160 valence electrons. The molecule has 1 aromatic carbocycles. The molecule has 0 aliphatic carbocycles. The molecule has 0 unspecified atom stereocenters. The van der Waals surface area contributed by atoms with Crippen molar-refractivity contribution in [3.05, 3.63) is 52.6 Å². The molecule has 10 nitrogen and oxygen atoms in total. The number of rotatable bonds is 4. The van der Waals surface area contributed by atoms with E-state index in [1.807, 2.05) is 44.3 Å². The van der Waals surface area contributed by atoms with Crippen LogP contribution in [0.2, 0.25) is 5.02 Å².